The smallest absolute Gasteiger partial charge is 0.351 e. The van der Waals surface area contributed by atoms with Crippen molar-refractivity contribution in [3.63, 3.8) is 0 Å². The lowest BCUT2D eigenvalue weighted by atomic mass is 10.1. The predicted octanol–water partition coefficient (Wildman–Crippen LogP) is 1.77. The molecule has 0 bridgehead atoms. The summed E-state index contributed by atoms with van der Waals surface area (Å²) in [7, 11) is 0. The van der Waals surface area contributed by atoms with Crippen molar-refractivity contribution in [2.75, 3.05) is 0 Å². The minimum Gasteiger partial charge on any atom is -0.507 e. The van der Waals surface area contributed by atoms with Gasteiger partial charge < -0.3 is 9.52 Å². The van der Waals surface area contributed by atoms with Crippen LogP contribution in [0.1, 0.15) is 28.6 Å². The molecule has 6 heteroatoms. The maximum Gasteiger partial charge on any atom is 0.351 e. The van der Waals surface area contributed by atoms with Gasteiger partial charge in [-0.1, -0.05) is 0 Å². The highest BCUT2D eigenvalue weighted by Gasteiger charge is 2.15. The molecule has 0 saturated heterocycles. The van der Waals surface area contributed by atoms with Crippen LogP contribution in [0, 0.1) is 6.92 Å². The zero-order chi connectivity index (χ0) is 14.7. The van der Waals surface area contributed by atoms with E-state index in [0.29, 0.717) is 0 Å². The molecule has 0 amide bonds. The Balaban J connectivity index is 2.26. The Morgan fingerprint density at radius 1 is 1.55 bits per heavy atom. The Hall–Kier alpha value is -2.63. The molecular weight excluding hydrogens is 260 g/mol. The number of ketones is 1. The van der Waals surface area contributed by atoms with E-state index in [1.165, 1.54) is 25.1 Å². The molecule has 2 aromatic rings. The number of hydrogen-bond donors (Lipinski definition) is 1. The molecule has 0 unspecified atom stereocenters. The summed E-state index contributed by atoms with van der Waals surface area (Å²) >= 11 is 0. The molecule has 2 heterocycles. The van der Waals surface area contributed by atoms with Gasteiger partial charge in [-0.2, -0.15) is 5.10 Å². The number of allylic oxidation sites excluding steroid dienone is 1. The summed E-state index contributed by atoms with van der Waals surface area (Å²) in [6, 6.07) is 1.23. The molecular formula is C14H14N2O4. The Morgan fingerprint density at radius 2 is 2.30 bits per heavy atom. The maximum absolute atomic E-state index is 11.9. The van der Waals surface area contributed by atoms with Gasteiger partial charge in [0.2, 0.25) is 0 Å². The second kappa shape index (κ2) is 5.56. The van der Waals surface area contributed by atoms with Crippen LogP contribution in [0.15, 0.2) is 33.7 Å². The van der Waals surface area contributed by atoms with E-state index in [0.717, 1.165) is 12.1 Å². The van der Waals surface area contributed by atoms with Crippen molar-refractivity contribution in [3.05, 3.63) is 51.8 Å². The average Bonchev–Trinajstić information content (AvgIpc) is 2.83. The molecule has 6 nitrogen and oxygen atoms in total. The molecule has 104 valence electrons. The predicted molar refractivity (Wildman–Crippen MR) is 72.6 cm³/mol. The molecule has 0 atom stereocenters. The minimum absolute atomic E-state index is 0.247. The zero-order valence-electron chi connectivity index (χ0n) is 11.2. The zero-order valence-corrected chi connectivity index (χ0v) is 11.2. The largest absolute Gasteiger partial charge is 0.507 e. The first-order valence-corrected chi connectivity index (χ1v) is 6.10. The van der Waals surface area contributed by atoms with E-state index in [9.17, 15) is 14.7 Å². The van der Waals surface area contributed by atoms with Crippen molar-refractivity contribution in [2.45, 2.75) is 20.4 Å². The van der Waals surface area contributed by atoms with E-state index in [1.807, 2.05) is 6.92 Å². The first kappa shape index (κ1) is 13.8. The SMILES string of the molecule is CCn1cc(/C=C/C(=O)c2c(O)cc(C)oc2=O)cn1. The monoisotopic (exact) mass is 274 g/mol. The number of aromatic hydroxyl groups is 1. The molecule has 0 fully saturated rings. The van der Waals surface area contributed by atoms with E-state index < -0.39 is 11.4 Å². The molecule has 0 radical (unpaired) electrons. The number of hydrogen-bond acceptors (Lipinski definition) is 5. The van der Waals surface area contributed by atoms with Crippen LogP contribution < -0.4 is 5.63 Å². The van der Waals surface area contributed by atoms with Crippen LogP contribution in [0.2, 0.25) is 0 Å². The first-order valence-electron chi connectivity index (χ1n) is 6.10. The number of aromatic nitrogens is 2. The van der Waals surface area contributed by atoms with Crippen LogP contribution in [0.3, 0.4) is 0 Å². The fraction of sp³-hybridized carbons (Fsp3) is 0.214. The second-order valence-corrected chi connectivity index (χ2v) is 4.23. The van der Waals surface area contributed by atoms with Crippen LogP contribution in [-0.2, 0) is 6.54 Å². The van der Waals surface area contributed by atoms with Gasteiger partial charge in [0.05, 0.1) is 6.20 Å². The summed E-state index contributed by atoms with van der Waals surface area (Å²) in [6.45, 7) is 4.19. The number of nitrogens with zero attached hydrogens (tertiary/aromatic N) is 2. The molecule has 0 aliphatic rings. The quantitative estimate of drug-likeness (QED) is 0.678. The van der Waals surface area contributed by atoms with Gasteiger partial charge in [-0.3, -0.25) is 9.48 Å². The van der Waals surface area contributed by atoms with Crippen LogP contribution in [0.5, 0.6) is 5.75 Å². The number of rotatable bonds is 4. The van der Waals surface area contributed by atoms with Crippen molar-refractivity contribution >= 4 is 11.9 Å². The van der Waals surface area contributed by atoms with Crippen molar-refractivity contribution in [2.24, 2.45) is 0 Å². The number of aryl methyl sites for hydroxylation is 2. The Labute approximate surface area is 115 Å². The fourth-order valence-corrected chi connectivity index (χ4v) is 1.72. The number of carbonyl (C=O) groups is 1. The summed E-state index contributed by atoms with van der Waals surface area (Å²) in [5.74, 6) is -0.740. The van der Waals surface area contributed by atoms with Gasteiger partial charge in [0, 0.05) is 24.4 Å². The topological polar surface area (TPSA) is 85.3 Å². The van der Waals surface area contributed by atoms with Crippen molar-refractivity contribution in [3.8, 4) is 5.75 Å². The summed E-state index contributed by atoms with van der Waals surface area (Å²) in [5.41, 5.74) is -0.479. The average molecular weight is 274 g/mol. The highest BCUT2D eigenvalue weighted by Crippen LogP contribution is 2.15. The third kappa shape index (κ3) is 2.85. The third-order valence-corrected chi connectivity index (χ3v) is 2.70. The third-order valence-electron chi connectivity index (χ3n) is 2.70. The van der Waals surface area contributed by atoms with Crippen molar-refractivity contribution < 1.29 is 14.3 Å². The first-order chi connectivity index (χ1) is 9.51. The van der Waals surface area contributed by atoms with Crippen molar-refractivity contribution in [1.29, 1.82) is 0 Å². The molecule has 0 saturated carbocycles. The Morgan fingerprint density at radius 3 is 2.90 bits per heavy atom. The lowest BCUT2D eigenvalue weighted by Gasteiger charge is -1.99. The lowest BCUT2D eigenvalue weighted by Crippen LogP contribution is -2.12. The van der Waals surface area contributed by atoms with Crippen LogP contribution in [-0.4, -0.2) is 20.7 Å². The van der Waals surface area contributed by atoms with Crippen LogP contribution in [0.4, 0.5) is 0 Å². The van der Waals surface area contributed by atoms with Gasteiger partial charge in [0.15, 0.2) is 5.78 Å². The van der Waals surface area contributed by atoms with Crippen LogP contribution in [0.25, 0.3) is 6.08 Å². The molecule has 1 N–H and O–H groups in total. The highest BCUT2D eigenvalue weighted by atomic mass is 16.4. The molecule has 20 heavy (non-hydrogen) atoms. The molecule has 0 aliphatic heterocycles. The van der Waals surface area contributed by atoms with E-state index in [4.69, 9.17) is 4.42 Å². The minimum atomic E-state index is -0.846. The Kier molecular flexibility index (Phi) is 3.84. The summed E-state index contributed by atoms with van der Waals surface area (Å²) in [5, 5.41) is 13.7. The van der Waals surface area contributed by atoms with Gasteiger partial charge >= 0.3 is 5.63 Å². The van der Waals surface area contributed by atoms with Crippen LogP contribution >= 0.6 is 0 Å². The van der Waals surface area contributed by atoms with Gasteiger partial charge in [0.25, 0.3) is 0 Å². The van der Waals surface area contributed by atoms with Gasteiger partial charge in [0.1, 0.15) is 17.1 Å². The van der Waals surface area contributed by atoms with E-state index >= 15 is 0 Å². The fourth-order valence-electron chi connectivity index (χ4n) is 1.72. The lowest BCUT2D eigenvalue weighted by molar-refractivity contribution is 0.104. The normalized spacial score (nSPS) is 11.1. The molecule has 0 aromatic carbocycles. The summed E-state index contributed by atoms with van der Waals surface area (Å²) < 4.78 is 6.51. The standard InChI is InChI=1S/C14H14N2O4/c1-3-16-8-10(7-15-16)4-5-11(17)13-12(18)6-9(2)20-14(13)19/h4-8,18H,3H2,1-2H3/b5-4+. The van der Waals surface area contributed by atoms with E-state index in [1.54, 1.807) is 17.1 Å². The van der Waals surface area contributed by atoms with Gasteiger partial charge in [-0.25, -0.2) is 4.79 Å². The summed E-state index contributed by atoms with van der Waals surface area (Å²) in [4.78, 5) is 23.5. The van der Waals surface area contributed by atoms with Gasteiger partial charge in [-0.05, 0) is 26.0 Å². The Bertz CT molecular complexity index is 725. The number of carbonyl (C=O) groups excluding carboxylic acids is 1. The summed E-state index contributed by atoms with van der Waals surface area (Å²) in [6.07, 6.45) is 6.10. The second-order valence-electron chi connectivity index (χ2n) is 4.23. The molecule has 0 aliphatic carbocycles. The van der Waals surface area contributed by atoms with Gasteiger partial charge in [-0.15, -0.1) is 0 Å². The molecule has 0 spiro atoms. The molecule has 2 aromatic heterocycles. The molecule has 2 rings (SSSR count). The maximum atomic E-state index is 11.9. The highest BCUT2D eigenvalue weighted by molar-refractivity contribution is 6.08. The van der Waals surface area contributed by atoms with E-state index in [2.05, 4.69) is 5.10 Å². The van der Waals surface area contributed by atoms with E-state index in [-0.39, 0.29) is 17.1 Å². The van der Waals surface area contributed by atoms with Crippen molar-refractivity contribution in [1.82, 2.24) is 9.78 Å².